The summed E-state index contributed by atoms with van der Waals surface area (Å²) in [6.45, 7) is -0.980. The summed E-state index contributed by atoms with van der Waals surface area (Å²) < 4.78 is 32.1. The van der Waals surface area contributed by atoms with Gasteiger partial charge < -0.3 is 26.7 Å². The highest BCUT2D eigenvalue weighted by atomic mass is 32.2. The fourth-order valence-corrected chi connectivity index (χ4v) is 6.74. The van der Waals surface area contributed by atoms with E-state index in [4.69, 9.17) is 11.5 Å². The molecule has 210 valence electrons. The van der Waals surface area contributed by atoms with Crippen molar-refractivity contribution in [2.45, 2.75) is 24.4 Å². The first-order valence-corrected chi connectivity index (χ1v) is 13.8. The number of thioether (sulfide) groups is 1. The number of carboxylic acid groups (broad SMARTS) is 1. The Bertz CT molecular complexity index is 1600. The predicted molar refractivity (Wildman–Crippen MR) is 136 cm³/mol. The van der Waals surface area contributed by atoms with Crippen LogP contribution in [0.2, 0.25) is 0 Å². The highest BCUT2D eigenvalue weighted by molar-refractivity contribution is 8.00. The van der Waals surface area contributed by atoms with Crippen LogP contribution < -0.4 is 21.4 Å². The molecule has 0 bridgehead atoms. The van der Waals surface area contributed by atoms with Crippen molar-refractivity contribution >= 4 is 74.0 Å². The number of oxime groups is 1. The molecule has 1 fully saturated rings. The number of carbonyl (C=O) groups excluding carboxylic acids is 3. The second-order valence-corrected chi connectivity index (χ2v) is 11.1. The summed E-state index contributed by atoms with van der Waals surface area (Å²) in [5.74, 6) is -3.71. The molecule has 2 aliphatic rings. The maximum Gasteiger partial charge on any atom is 0.352 e. The number of β-lactam (4-membered cyclic amide) rings is 1. The molecule has 0 aromatic carbocycles. The van der Waals surface area contributed by atoms with Gasteiger partial charge in [-0.05, 0) is 0 Å². The Morgan fingerprint density at radius 2 is 2.15 bits per heavy atom. The number of amides is 3. The van der Waals surface area contributed by atoms with Gasteiger partial charge in [0.1, 0.15) is 29.9 Å². The van der Waals surface area contributed by atoms with Crippen molar-refractivity contribution in [2.24, 2.45) is 10.9 Å². The first-order valence-electron chi connectivity index (χ1n) is 11.1. The van der Waals surface area contributed by atoms with Crippen LogP contribution in [0.4, 0.5) is 13.9 Å². The van der Waals surface area contributed by atoms with Crippen molar-refractivity contribution in [1.29, 1.82) is 0 Å². The van der Waals surface area contributed by atoms with Gasteiger partial charge in [0.05, 0.1) is 0 Å². The van der Waals surface area contributed by atoms with Crippen LogP contribution in [0.25, 0.3) is 4.83 Å². The molecule has 15 nitrogen and oxygen atoms in total. The minimum Gasteiger partial charge on any atom is -0.477 e. The van der Waals surface area contributed by atoms with Crippen LogP contribution in [0, 0.1) is 0 Å². The number of alkyl halides is 2. The molecule has 3 aromatic heterocycles. The summed E-state index contributed by atoms with van der Waals surface area (Å²) in [6.07, 6.45) is 0.466. The molecule has 2 aliphatic heterocycles. The third-order valence-electron chi connectivity index (χ3n) is 5.72. The van der Waals surface area contributed by atoms with E-state index in [1.165, 1.54) is 23.1 Å². The molecular weight excluding hydrogens is 596 g/mol. The molecule has 3 aromatic rings. The maximum atomic E-state index is 13.1. The number of fused-ring (bicyclic) bond motifs is 2. The van der Waals surface area contributed by atoms with Crippen LogP contribution in [0.1, 0.15) is 16.3 Å². The number of nitrogens with zero attached hydrogens (tertiary/aromatic N) is 6. The van der Waals surface area contributed by atoms with E-state index in [0.29, 0.717) is 10.4 Å². The Labute approximate surface area is 234 Å². The van der Waals surface area contributed by atoms with Crippen molar-refractivity contribution in [3.05, 3.63) is 40.7 Å². The normalized spacial score (nSPS) is 19.1. The fourth-order valence-electron chi connectivity index (χ4n) is 4.06. The number of imidazole rings is 1. The van der Waals surface area contributed by atoms with Crippen LogP contribution in [0.15, 0.2) is 34.3 Å². The minimum atomic E-state index is -2.86. The molecule has 40 heavy (non-hydrogen) atoms. The number of anilines is 1. The van der Waals surface area contributed by atoms with Gasteiger partial charge in [-0.15, -0.1) is 11.8 Å². The Morgan fingerprint density at radius 3 is 2.80 bits per heavy atom. The molecule has 5 rings (SSSR count). The van der Waals surface area contributed by atoms with Gasteiger partial charge in [0.15, 0.2) is 11.7 Å². The lowest BCUT2D eigenvalue weighted by atomic mass is 10.0. The largest absolute Gasteiger partial charge is 0.477 e. The van der Waals surface area contributed by atoms with Crippen LogP contribution in [0.5, 0.6) is 0 Å². The van der Waals surface area contributed by atoms with Gasteiger partial charge in [0, 0.05) is 28.2 Å². The number of aromatic nitrogens is 4. The van der Waals surface area contributed by atoms with Gasteiger partial charge >= 0.3 is 5.97 Å². The molecule has 0 saturated carbocycles. The molecule has 2 atom stereocenters. The van der Waals surface area contributed by atoms with Crippen molar-refractivity contribution in [3.63, 3.8) is 0 Å². The Balaban J connectivity index is 1.34. The molecule has 0 unspecified atom stereocenters. The summed E-state index contributed by atoms with van der Waals surface area (Å²) in [6, 6.07) is -1.14. The first kappa shape index (κ1) is 27.4. The molecule has 0 aliphatic carbocycles. The number of nitrogens with two attached hydrogens (primary N) is 2. The minimum absolute atomic E-state index is 0.0198. The zero-order chi connectivity index (χ0) is 28.7. The lowest BCUT2D eigenvalue weighted by Gasteiger charge is -2.49. The number of hydrogen-bond acceptors (Lipinski definition) is 12. The van der Waals surface area contributed by atoms with Crippen molar-refractivity contribution in [2.75, 3.05) is 18.1 Å². The average molecular weight is 615 g/mol. The fraction of sp³-hybridized carbons (Fsp3) is 0.300. The molecular formula is C20H18F2N9O6S3+. The van der Waals surface area contributed by atoms with Gasteiger partial charge in [-0.3, -0.25) is 19.3 Å². The number of carbonyl (C=O) groups is 4. The zero-order valence-electron chi connectivity index (χ0n) is 19.9. The van der Waals surface area contributed by atoms with E-state index in [1.807, 2.05) is 0 Å². The van der Waals surface area contributed by atoms with Gasteiger partial charge in [0.25, 0.3) is 30.5 Å². The standard InChI is InChI=1S/C20H17F2N9O6S3/c21-9(22)3-37-27-11(15-26-20(24)40-28-15)16(33)25-12-17(34)31-13(19(35)36)7(4-39-18(12)31)1-29-2-10-30(6-29)8(5-38-10)14(23)32/h2,5-6,9,12,18H,1,3-4H2,(H5-,23,24,25,26,28,32,33,35,36)/p+1/b27-11-/t12-,18-/m1/s1. The third kappa shape index (κ3) is 5.07. The van der Waals surface area contributed by atoms with E-state index >= 15 is 0 Å². The number of carboxylic acids is 1. The summed E-state index contributed by atoms with van der Waals surface area (Å²) in [5.41, 5.74) is 10.8. The number of thiazole rings is 1. The number of hydrogen-bond donors (Lipinski definition) is 4. The van der Waals surface area contributed by atoms with Crippen LogP contribution in [-0.2, 0) is 25.8 Å². The Morgan fingerprint density at radius 1 is 1.38 bits per heavy atom. The summed E-state index contributed by atoms with van der Waals surface area (Å²) in [7, 11) is 0. The lowest BCUT2D eigenvalue weighted by Crippen LogP contribution is -2.71. The van der Waals surface area contributed by atoms with Crippen LogP contribution >= 0.6 is 34.6 Å². The van der Waals surface area contributed by atoms with Gasteiger partial charge in [-0.1, -0.05) is 16.5 Å². The molecule has 3 amide bonds. The summed E-state index contributed by atoms with van der Waals surface area (Å²) in [4.78, 5) is 59.9. The quantitative estimate of drug-likeness (QED) is 0.0971. The molecule has 0 radical (unpaired) electrons. The van der Waals surface area contributed by atoms with Gasteiger partial charge in [-0.2, -0.15) is 13.8 Å². The van der Waals surface area contributed by atoms with Crippen molar-refractivity contribution in [3.8, 4) is 0 Å². The number of rotatable bonds is 10. The predicted octanol–water partition coefficient (Wildman–Crippen LogP) is -0.754. The monoisotopic (exact) mass is 614 g/mol. The van der Waals surface area contributed by atoms with E-state index in [9.17, 15) is 33.1 Å². The number of halogens is 2. The molecule has 6 N–H and O–H groups in total. The third-order valence-corrected chi connectivity index (χ3v) is 8.48. The van der Waals surface area contributed by atoms with E-state index in [1.54, 1.807) is 26.9 Å². The van der Waals surface area contributed by atoms with Gasteiger partial charge in [-0.25, -0.2) is 18.1 Å². The number of primary amides is 1. The molecule has 5 heterocycles. The first-order chi connectivity index (χ1) is 19.0. The average Bonchev–Trinajstić information content (AvgIpc) is 3.60. The molecule has 20 heteroatoms. The van der Waals surface area contributed by atoms with E-state index < -0.39 is 53.9 Å². The Hall–Kier alpha value is -4.17. The van der Waals surface area contributed by atoms with Gasteiger partial charge in [0.2, 0.25) is 22.1 Å². The maximum absolute atomic E-state index is 13.1. The topological polar surface area (TPSA) is 211 Å². The van der Waals surface area contributed by atoms with Crippen molar-refractivity contribution < 1.29 is 42.5 Å². The number of nitrogen functional groups attached to an aromatic ring is 1. The Kier molecular flexibility index (Phi) is 7.38. The lowest BCUT2D eigenvalue weighted by molar-refractivity contribution is -0.687. The second-order valence-electron chi connectivity index (χ2n) is 8.31. The smallest absolute Gasteiger partial charge is 0.352 e. The zero-order valence-corrected chi connectivity index (χ0v) is 22.3. The number of aliphatic carboxylic acids is 1. The van der Waals surface area contributed by atoms with E-state index in [-0.39, 0.29) is 34.6 Å². The molecule has 0 spiro atoms. The highest BCUT2D eigenvalue weighted by Crippen LogP contribution is 2.40. The SMILES string of the molecule is NC(=O)c1csc2c[n+](CC3=C(C(=O)O)N4C(=O)[C@@H](NC(=O)/C(=N\OCC(F)F)c5nsc(N)n5)[C@H]4SC3)cn12. The van der Waals surface area contributed by atoms with E-state index in [2.05, 4.69) is 24.7 Å². The molecule has 1 saturated heterocycles. The van der Waals surface area contributed by atoms with E-state index in [0.717, 1.165) is 16.4 Å². The summed E-state index contributed by atoms with van der Waals surface area (Å²) in [5, 5.41) is 16.6. The highest BCUT2D eigenvalue weighted by Gasteiger charge is 2.54. The second kappa shape index (κ2) is 10.8. The van der Waals surface area contributed by atoms with Crippen LogP contribution in [-0.4, -0.2) is 83.4 Å². The van der Waals surface area contributed by atoms with Crippen molar-refractivity contribution in [1.82, 2.24) is 24.0 Å². The number of nitrogens with one attached hydrogen (secondary N) is 1. The summed E-state index contributed by atoms with van der Waals surface area (Å²) >= 11 is 3.24. The van der Waals surface area contributed by atoms with Crippen LogP contribution in [0.3, 0.4) is 0 Å².